The summed E-state index contributed by atoms with van der Waals surface area (Å²) in [6.07, 6.45) is -11.7. The zero-order chi connectivity index (χ0) is 54.7. The molecule has 6 heterocycles. The van der Waals surface area contributed by atoms with Crippen LogP contribution in [0.25, 0.3) is 11.2 Å². The average molecular weight is 1150 g/mol. The van der Waals surface area contributed by atoms with E-state index in [-0.39, 0.29) is 51.1 Å². The van der Waals surface area contributed by atoms with Crippen molar-refractivity contribution < 1.29 is 78.4 Å². The van der Waals surface area contributed by atoms with Crippen LogP contribution in [-0.4, -0.2) is 100 Å². The zero-order valence-electron chi connectivity index (χ0n) is 40.7. The van der Waals surface area contributed by atoms with Crippen molar-refractivity contribution in [1.82, 2.24) is 24.1 Å². The average Bonchev–Trinajstić information content (AvgIpc) is 4.22. The van der Waals surface area contributed by atoms with Gasteiger partial charge in [0.05, 0.1) is 44.9 Å². The lowest BCUT2D eigenvalue weighted by Crippen LogP contribution is -2.37. The number of benzene rings is 4. The predicted molar refractivity (Wildman–Crippen MR) is 275 cm³/mol. The number of nitrogens with two attached hydrogens (primary N) is 1. The van der Waals surface area contributed by atoms with Crippen molar-refractivity contribution in [1.29, 1.82) is 0 Å². The van der Waals surface area contributed by atoms with E-state index in [1.54, 1.807) is 48.5 Å². The lowest BCUT2D eigenvalue weighted by atomic mass is 10.1. The fraction of sp³-hybridized carbons (Fsp3) is 0.286. The molecular formula is C49H44F2N6O17P2S2. The number of aromatic nitrogens is 5. The Morgan fingerprint density at radius 2 is 1.12 bits per heavy atom. The number of nitrogens with zero attached hydrogens (tertiary/aromatic N) is 5. The molecule has 4 aromatic carbocycles. The van der Waals surface area contributed by atoms with Crippen molar-refractivity contribution in [3.05, 3.63) is 165 Å². The summed E-state index contributed by atoms with van der Waals surface area (Å²) in [6, 6.07) is 25.7. The highest BCUT2D eigenvalue weighted by molar-refractivity contribution is 8.55. The van der Waals surface area contributed by atoms with E-state index in [2.05, 4.69) is 19.4 Å². The van der Waals surface area contributed by atoms with Gasteiger partial charge in [0.15, 0.2) is 36.3 Å². The number of carbonyl (C=O) groups is 2. The largest absolute Gasteiger partial charge is 0.497 e. The molecule has 0 radical (unpaired) electrons. The van der Waals surface area contributed by atoms with Crippen LogP contribution in [0.2, 0.25) is 0 Å². The van der Waals surface area contributed by atoms with Crippen LogP contribution < -0.4 is 36.1 Å². The zero-order valence-corrected chi connectivity index (χ0v) is 44.1. The minimum absolute atomic E-state index is 0.0156. The summed E-state index contributed by atoms with van der Waals surface area (Å²) in [6.45, 7) is -11.0. The van der Waals surface area contributed by atoms with Gasteiger partial charge in [0.2, 0.25) is 0 Å². The van der Waals surface area contributed by atoms with Crippen LogP contribution in [0.3, 0.4) is 0 Å². The number of hydrogen-bond donors (Lipinski definition) is 1. The molecule has 3 saturated heterocycles. The maximum Gasteiger partial charge on any atom is 0.424 e. The van der Waals surface area contributed by atoms with Crippen molar-refractivity contribution in [3.63, 3.8) is 0 Å². The number of esters is 2. The Bertz CT molecular complexity index is 3530. The Balaban J connectivity index is 0.931. The lowest BCUT2D eigenvalue weighted by molar-refractivity contribution is -0.0570. The summed E-state index contributed by atoms with van der Waals surface area (Å²) in [5.41, 5.74) is 6.71. The summed E-state index contributed by atoms with van der Waals surface area (Å²) in [7, 11) is 2.99. The molecule has 0 saturated carbocycles. The highest BCUT2D eigenvalue weighted by Gasteiger charge is 2.55. The highest BCUT2D eigenvalue weighted by Crippen LogP contribution is 2.67. The number of ether oxygens (including phenoxy) is 6. The van der Waals surface area contributed by atoms with Crippen LogP contribution in [0, 0.1) is 0 Å². The van der Waals surface area contributed by atoms with Gasteiger partial charge in [-0.15, -0.1) is 0 Å². The minimum atomic E-state index is -4.71. The van der Waals surface area contributed by atoms with Crippen LogP contribution in [0.1, 0.15) is 44.3 Å². The molecule has 6 unspecified atom stereocenters. The molecule has 3 aliphatic heterocycles. The van der Waals surface area contributed by atoms with E-state index in [4.69, 9.17) is 52.2 Å². The van der Waals surface area contributed by atoms with Crippen LogP contribution in [-0.2, 0) is 48.2 Å². The molecule has 23 nitrogen and oxygen atoms in total. The van der Waals surface area contributed by atoms with Crippen LogP contribution in [0.4, 0.5) is 14.6 Å². The van der Waals surface area contributed by atoms with Crippen LogP contribution in [0.5, 0.6) is 23.0 Å². The van der Waals surface area contributed by atoms with Gasteiger partial charge in [-0.3, -0.25) is 27.2 Å². The van der Waals surface area contributed by atoms with Gasteiger partial charge in [0.25, 0.3) is 0 Å². The number of imidazole rings is 1. The summed E-state index contributed by atoms with van der Waals surface area (Å²) in [5.74, 6) is -1.42. The first-order chi connectivity index (χ1) is 37.6. The molecule has 7 aromatic rings. The quantitative estimate of drug-likeness (QED) is 0.0612. The number of rotatable bonds is 14. The van der Waals surface area contributed by atoms with Crippen LogP contribution in [0.15, 0.2) is 136 Å². The predicted octanol–water partition coefficient (Wildman–Crippen LogP) is 8.05. The monoisotopic (exact) mass is 1150 g/mol. The molecule has 29 heteroatoms. The molecule has 0 amide bonds. The summed E-state index contributed by atoms with van der Waals surface area (Å²) < 4.78 is 129. The minimum Gasteiger partial charge on any atom is -0.497 e. The topological polar surface area (TPSA) is 282 Å². The van der Waals surface area contributed by atoms with Crippen LogP contribution >= 0.6 is 36.4 Å². The van der Waals surface area contributed by atoms with E-state index in [1.165, 1.54) is 73.6 Å². The molecule has 0 aliphatic carbocycles. The number of anilines is 1. The van der Waals surface area contributed by atoms with E-state index in [1.807, 2.05) is 0 Å². The number of carbonyl (C=O) groups excluding carboxylic acids is 2. The molecule has 10 atom stereocenters. The smallest absolute Gasteiger partial charge is 0.424 e. The van der Waals surface area contributed by atoms with E-state index in [9.17, 15) is 19.2 Å². The fourth-order valence-electron chi connectivity index (χ4n) is 8.20. The molecule has 78 heavy (non-hydrogen) atoms. The highest BCUT2D eigenvalue weighted by atomic mass is 32.7. The third-order valence-electron chi connectivity index (χ3n) is 12.2. The van der Waals surface area contributed by atoms with Gasteiger partial charge < -0.3 is 38.6 Å². The molecular weight excluding hydrogens is 1110 g/mol. The van der Waals surface area contributed by atoms with Gasteiger partial charge >= 0.3 is 36.9 Å². The van der Waals surface area contributed by atoms with E-state index >= 15 is 17.9 Å². The molecule has 3 aliphatic rings. The number of halogens is 2. The third kappa shape index (κ3) is 12.1. The number of fused-ring (bicyclic) bond motifs is 3. The van der Waals surface area contributed by atoms with E-state index in [0.29, 0.717) is 50.0 Å². The Kier molecular flexibility index (Phi) is 16.3. The summed E-state index contributed by atoms with van der Waals surface area (Å²) in [5, 5.41) is 0. The Labute approximate surface area is 448 Å². The number of hydrogen-bond acceptors (Lipinski definition) is 23. The number of methoxy groups -OCH3 is 2. The molecule has 0 bridgehead atoms. The van der Waals surface area contributed by atoms with Crippen molar-refractivity contribution in [2.45, 2.75) is 60.7 Å². The number of alkyl halides is 2. The van der Waals surface area contributed by atoms with Gasteiger partial charge in [-0.2, -0.15) is 0 Å². The summed E-state index contributed by atoms with van der Waals surface area (Å²) in [4.78, 5) is 62.9. The van der Waals surface area contributed by atoms with Crippen molar-refractivity contribution in [3.8, 4) is 23.0 Å². The van der Waals surface area contributed by atoms with E-state index < -0.39 is 99.3 Å². The van der Waals surface area contributed by atoms with Crippen molar-refractivity contribution in [2.75, 3.05) is 33.2 Å². The third-order valence-corrected chi connectivity index (χ3v) is 19.5. The second-order valence-corrected chi connectivity index (χ2v) is 25.3. The fourth-order valence-corrected chi connectivity index (χ4v) is 15.0. The standard InChI is InChI=1S/C49H44F2N6O17P2S2/c1-64-31-15-7-29(8-16-31)47(59)68-33-11-3-27(4-12-33)23-77-75(62)67-22-36-42(39(51)46(71-36)57-26-55-40-43(52)53-25-54-44(40)57)74-76(63,66-21-35-41(73-75)38(50)45(70-35)56-20-19-37(58)72-49(56)61)78-24-28-5-13-34(14-6-28)69-48(60)30-9-17-32(65-2)18-10-30/h3-20,25-26,35-36,38-39,41-42,45-46H,21-24H2,1-2H3,(H2,52,53,54)/t35-,36-,38?,39?,41?,42?,45-,46-,75?,76?/m1/s1. The Morgan fingerprint density at radius 1 is 0.654 bits per heavy atom. The SMILES string of the molecule is COc1ccc(C(=O)Oc2ccc(CSP3(=O)OC[C@H]4O[C@@H](n5cnc6c(N)ncnc65)C(F)C4OP(=O)(SCc4ccc(OC(=O)c5ccc(OC)cc5)cc4)OC[C@H]4O[C@@H](n5ccc(=O)oc5=O)C(F)C4O3)cc2)cc1. The summed E-state index contributed by atoms with van der Waals surface area (Å²) >= 11 is 1.21. The molecule has 10 rings (SSSR count). The molecule has 2 N–H and O–H groups in total. The molecule has 3 aromatic heterocycles. The van der Waals surface area contributed by atoms with Crippen molar-refractivity contribution in [2.24, 2.45) is 0 Å². The first-order valence-corrected chi connectivity index (χ1v) is 29.6. The first-order valence-electron chi connectivity index (χ1n) is 23.4. The number of nitrogen functional groups attached to an aromatic ring is 1. The maximum atomic E-state index is 17.3. The second kappa shape index (κ2) is 23.3. The second-order valence-electron chi connectivity index (χ2n) is 17.2. The van der Waals surface area contributed by atoms with Gasteiger partial charge in [-0.1, -0.05) is 24.3 Å². The van der Waals surface area contributed by atoms with Crippen molar-refractivity contribution >= 4 is 65.3 Å². The molecule has 0 spiro atoms. The molecule has 408 valence electrons. The maximum absolute atomic E-state index is 17.3. The van der Waals surface area contributed by atoms with Gasteiger partial charge in [-0.25, -0.2) is 52.0 Å². The van der Waals surface area contributed by atoms with Gasteiger partial charge in [0.1, 0.15) is 59.3 Å². The lowest BCUT2D eigenvalue weighted by Gasteiger charge is -2.30. The van der Waals surface area contributed by atoms with Gasteiger partial charge in [-0.05, 0) is 107 Å². The Hall–Kier alpha value is -6.77. The van der Waals surface area contributed by atoms with E-state index in [0.717, 1.165) is 18.6 Å². The Morgan fingerprint density at radius 3 is 1.58 bits per heavy atom. The first kappa shape index (κ1) is 54.6. The molecule has 3 fully saturated rings. The van der Waals surface area contributed by atoms with Gasteiger partial charge in [0, 0.05) is 23.8 Å². The normalized spacial score (nSPS) is 26.2.